The van der Waals surface area contributed by atoms with Crippen LogP contribution in [0.25, 0.3) is 0 Å². The zero-order chi connectivity index (χ0) is 16.4. The molecule has 1 rings (SSSR count). The molecule has 1 aromatic rings. The second-order valence-electron chi connectivity index (χ2n) is 4.78. The summed E-state index contributed by atoms with van der Waals surface area (Å²) in [4.78, 5) is 4.40. The smallest absolute Gasteiger partial charge is 0.191 e. The van der Waals surface area contributed by atoms with Gasteiger partial charge in [0, 0.05) is 13.1 Å². The second-order valence-corrected chi connectivity index (χ2v) is 4.78. The summed E-state index contributed by atoms with van der Waals surface area (Å²) in [5, 5.41) is 16.6. The van der Waals surface area contributed by atoms with Gasteiger partial charge in [-0.15, -0.1) is 0 Å². The average molecular weight is 309 g/mol. The van der Waals surface area contributed by atoms with Gasteiger partial charge in [-0.1, -0.05) is 13.0 Å². The first kappa shape index (κ1) is 18.1. The number of hydrogen-bond acceptors (Lipinski definition) is 4. The molecular weight excluding hydrogens is 282 g/mol. The van der Waals surface area contributed by atoms with Crippen molar-refractivity contribution in [3.63, 3.8) is 0 Å². The van der Waals surface area contributed by atoms with Gasteiger partial charge in [0.05, 0.1) is 26.9 Å². The summed E-state index contributed by atoms with van der Waals surface area (Å²) in [5.41, 5.74) is 0.743. The molecule has 0 aromatic heterocycles. The molecule has 1 aromatic carbocycles. The van der Waals surface area contributed by atoms with Crippen LogP contribution in [0.15, 0.2) is 23.2 Å². The molecule has 0 heterocycles. The Morgan fingerprint density at radius 1 is 1.18 bits per heavy atom. The third kappa shape index (κ3) is 5.44. The van der Waals surface area contributed by atoms with Crippen LogP contribution in [0.4, 0.5) is 0 Å². The number of aliphatic hydroxyl groups excluding tert-OH is 1. The fourth-order valence-corrected chi connectivity index (χ4v) is 1.93. The molecule has 6 heteroatoms. The van der Waals surface area contributed by atoms with Crippen molar-refractivity contribution in [2.75, 3.05) is 33.9 Å². The van der Waals surface area contributed by atoms with Crippen molar-refractivity contribution >= 4 is 5.96 Å². The first-order chi connectivity index (χ1) is 10.7. The minimum Gasteiger partial charge on any atom is -0.493 e. The van der Waals surface area contributed by atoms with Crippen molar-refractivity contribution in [3.05, 3.63) is 23.8 Å². The average Bonchev–Trinajstić information content (AvgIpc) is 2.56. The molecule has 0 amide bonds. The summed E-state index contributed by atoms with van der Waals surface area (Å²) in [6.45, 7) is 6.00. The Labute approximate surface area is 132 Å². The van der Waals surface area contributed by atoms with Crippen molar-refractivity contribution in [2.45, 2.75) is 26.4 Å². The van der Waals surface area contributed by atoms with Gasteiger partial charge in [-0.2, -0.15) is 0 Å². The lowest BCUT2D eigenvalue weighted by molar-refractivity contribution is 0.186. The van der Waals surface area contributed by atoms with Gasteiger partial charge in [0.1, 0.15) is 0 Å². The minimum atomic E-state index is -0.697. The van der Waals surface area contributed by atoms with Gasteiger partial charge >= 0.3 is 0 Å². The van der Waals surface area contributed by atoms with Crippen LogP contribution in [0.2, 0.25) is 0 Å². The Kier molecular flexibility index (Phi) is 8.14. The van der Waals surface area contributed by atoms with Gasteiger partial charge in [0.25, 0.3) is 0 Å². The minimum absolute atomic E-state index is 0.272. The van der Waals surface area contributed by atoms with E-state index >= 15 is 0 Å². The quantitative estimate of drug-likeness (QED) is 0.503. The SMILES string of the molecule is CCCNC(=NCC(O)c1ccc(OC)c(OC)c1)NCC. The van der Waals surface area contributed by atoms with Crippen molar-refractivity contribution in [1.29, 1.82) is 0 Å². The van der Waals surface area contributed by atoms with Crippen LogP contribution < -0.4 is 20.1 Å². The van der Waals surface area contributed by atoms with E-state index in [9.17, 15) is 5.11 Å². The summed E-state index contributed by atoms with van der Waals surface area (Å²) in [6.07, 6.45) is 0.319. The molecule has 0 saturated carbocycles. The predicted octanol–water partition coefficient (Wildman–Crippen LogP) is 1.70. The molecular formula is C16H27N3O3. The number of methoxy groups -OCH3 is 2. The van der Waals surface area contributed by atoms with Crippen LogP contribution >= 0.6 is 0 Å². The van der Waals surface area contributed by atoms with E-state index in [1.165, 1.54) is 0 Å². The van der Waals surface area contributed by atoms with E-state index in [0.717, 1.165) is 25.1 Å². The van der Waals surface area contributed by atoms with Crippen LogP contribution in [0.5, 0.6) is 11.5 Å². The number of nitrogens with zero attached hydrogens (tertiary/aromatic N) is 1. The maximum atomic E-state index is 10.3. The lowest BCUT2D eigenvalue weighted by Crippen LogP contribution is -2.37. The molecule has 0 aliphatic rings. The normalized spacial score (nSPS) is 12.7. The predicted molar refractivity (Wildman–Crippen MR) is 88.8 cm³/mol. The molecule has 0 radical (unpaired) electrons. The zero-order valence-corrected chi connectivity index (χ0v) is 13.8. The highest BCUT2D eigenvalue weighted by Gasteiger charge is 2.11. The van der Waals surface area contributed by atoms with E-state index in [0.29, 0.717) is 17.5 Å². The van der Waals surface area contributed by atoms with Gasteiger partial charge in [-0.25, -0.2) is 0 Å². The van der Waals surface area contributed by atoms with Gasteiger partial charge in [0.15, 0.2) is 17.5 Å². The van der Waals surface area contributed by atoms with Crippen LogP contribution in [0.1, 0.15) is 31.9 Å². The monoisotopic (exact) mass is 309 g/mol. The standard InChI is InChI=1S/C16H27N3O3/c1-5-9-18-16(17-6-2)19-11-13(20)12-7-8-14(21-3)15(10-12)22-4/h7-8,10,13,20H,5-6,9,11H2,1-4H3,(H2,17,18,19). The topological polar surface area (TPSA) is 75.1 Å². The number of ether oxygens (including phenoxy) is 2. The number of aliphatic hydroxyl groups is 1. The maximum absolute atomic E-state index is 10.3. The van der Waals surface area contributed by atoms with Crippen LogP contribution in [-0.2, 0) is 0 Å². The number of hydrogen-bond donors (Lipinski definition) is 3. The van der Waals surface area contributed by atoms with E-state index in [1.54, 1.807) is 26.4 Å². The lowest BCUT2D eigenvalue weighted by atomic mass is 10.1. The molecule has 124 valence electrons. The largest absolute Gasteiger partial charge is 0.493 e. The van der Waals surface area contributed by atoms with Crippen molar-refractivity contribution in [3.8, 4) is 11.5 Å². The van der Waals surface area contributed by atoms with Crippen molar-refractivity contribution < 1.29 is 14.6 Å². The van der Waals surface area contributed by atoms with Crippen LogP contribution in [-0.4, -0.2) is 44.9 Å². The molecule has 0 saturated heterocycles. The third-order valence-corrected chi connectivity index (χ3v) is 3.10. The molecule has 6 nitrogen and oxygen atoms in total. The van der Waals surface area contributed by atoms with Gasteiger partial charge < -0.3 is 25.2 Å². The van der Waals surface area contributed by atoms with Crippen molar-refractivity contribution in [2.24, 2.45) is 4.99 Å². The van der Waals surface area contributed by atoms with Crippen molar-refractivity contribution in [1.82, 2.24) is 10.6 Å². The highest BCUT2D eigenvalue weighted by atomic mass is 16.5. The summed E-state index contributed by atoms with van der Waals surface area (Å²) in [7, 11) is 3.16. The molecule has 0 spiro atoms. The van der Waals surface area contributed by atoms with Gasteiger partial charge in [0.2, 0.25) is 0 Å². The molecule has 0 fully saturated rings. The zero-order valence-electron chi connectivity index (χ0n) is 13.8. The van der Waals surface area contributed by atoms with Crippen LogP contribution in [0.3, 0.4) is 0 Å². The summed E-state index contributed by atoms with van der Waals surface area (Å²) < 4.78 is 10.4. The number of nitrogens with one attached hydrogen (secondary N) is 2. The Hall–Kier alpha value is -1.95. The summed E-state index contributed by atoms with van der Waals surface area (Å²) in [6, 6.07) is 5.36. The summed E-state index contributed by atoms with van der Waals surface area (Å²) in [5.74, 6) is 1.95. The van der Waals surface area contributed by atoms with E-state index in [2.05, 4.69) is 22.5 Å². The first-order valence-corrected chi connectivity index (χ1v) is 7.58. The Bertz CT molecular complexity index is 478. The third-order valence-electron chi connectivity index (χ3n) is 3.10. The van der Waals surface area contributed by atoms with E-state index in [1.807, 2.05) is 13.0 Å². The molecule has 0 aliphatic heterocycles. The Morgan fingerprint density at radius 2 is 1.91 bits per heavy atom. The molecule has 1 atom stereocenters. The fraction of sp³-hybridized carbons (Fsp3) is 0.562. The number of rotatable bonds is 8. The molecule has 0 aliphatic carbocycles. The number of benzene rings is 1. The number of guanidine groups is 1. The Morgan fingerprint density at radius 3 is 2.50 bits per heavy atom. The van der Waals surface area contributed by atoms with Gasteiger partial charge in [-0.05, 0) is 31.0 Å². The van der Waals surface area contributed by atoms with Crippen LogP contribution in [0, 0.1) is 0 Å². The molecule has 3 N–H and O–H groups in total. The molecule has 22 heavy (non-hydrogen) atoms. The fourth-order valence-electron chi connectivity index (χ4n) is 1.93. The van der Waals surface area contributed by atoms with E-state index in [-0.39, 0.29) is 6.54 Å². The molecule has 0 bridgehead atoms. The Balaban J connectivity index is 2.76. The van der Waals surface area contributed by atoms with E-state index < -0.39 is 6.10 Å². The second kappa shape index (κ2) is 9.89. The summed E-state index contributed by atoms with van der Waals surface area (Å²) >= 11 is 0. The first-order valence-electron chi connectivity index (χ1n) is 7.58. The number of aliphatic imine (C=N–C) groups is 1. The molecule has 1 unspecified atom stereocenters. The highest BCUT2D eigenvalue weighted by molar-refractivity contribution is 5.79. The van der Waals surface area contributed by atoms with E-state index in [4.69, 9.17) is 9.47 Å². The maximum Gasteiger partial charge on any atom is 0.191 e. The highest BCUT2D eigenvalue weighted by Crippen LogP contribution is 2.29. The van der Waals surface area contributed by atoms with Gasteiger partial charge in [-0.3, -0.25) is 4.99 Å². The lowest BCUT2D eigenvalue weighted by Gasteiger charge is -2.14.